The van der Waals surface area contributed by atoms with Crippen LogP contribution in [0.4, 0.5) is 0 Å². The predicted octanol–water partition coefficient (Wildman–Crippen LogP) is 3.47. The van der Waals surface area contributed by atoms with Gasteiger partial charge in [0.05, 0.1) is 15.8 Å². The first-order valence-electron chi connectivity index (χ1n) is 4.06. The summed E-state index contributed by atoms with van der Waals surface area (Å²) in [6.07, 6.45) is 1.64. The molecule has 1 amide bonds. The highest BCUT2D eigenvalue weighted by molar-refractivity contribution is 9.13. The number of rotatable bonds is 2. The topological polar surface area (TPSA) is 32.7 Å². The molecule has 3 nitrogen and oxygen atoms in total. The van der Waals surface area contributed by atoms with Crippen molar-refractivity contribution in [1.29, 1.82) is 0 Å². The lowest BCUT2D eigenvalue weighted by Gasteiger charge is -2.05. The minimum absolute atomic E-state index is 0.0686. The van der Waals surface area contributed by atoms with Crippen LogP contribution in [-0.2, 0) is 4.79 Å². The maximum atomic E-state index is 11.4. The van der Waals surface area contributed by atoms with E-state index < -0.39 is 0 Å². The summed E-state index contributed by atoms with van der Waals surface area (Å²) in [6, 6.07) is 1.93. The van der Waals surface area contributed by atoms with Gasteiger partial charge in [0.2, 0.25) is 0 Å². The zero-order chi connectivity index (χ0) is 11.7. The highest BCUT2D eigenvalue weighted by Gasteiger charge is 2.25. The van der Waals surface area contributed by atoms with Gasteiger partial charge in [-0.15, -0.1) is 11.3 Å². The van der Waals surface area contributed by atoms with Crippen LogP contribution in [-0.4, -0.2) is 27.2 Å². The summed E-state index contributed by atoms with van der Waals surface area (Å²) >= 11 is 14.6. The van der Waals surface area contributed by atoms with E-state index in [0.29, 0.717) is 10.1 Å². The maximum Gasteiger partial charge on any atom is 0.259 e. The quantitative estimate of drug-likeness (QED) is 0.563. The lowest BCUT2D eigenvalue weighted by Crippen LogP contribution is -2.22. The zero-order valence-corrected chi connectivity index (χ0v) is 13.3. The zero-order valence-electron chi connectivity index (χ0n) is 7.65. The van der Waals surface area contributed by atoms with E-state index in [1.807, 2.05) is 6.07 Å². The van der Waals surface area contributed by atoms with Gasteiger partial charge in [-0.2, -0.15) is 10.1 Å². The first-order valence-corrected chi connectivity index (χ1v) is 7.86. The van der Waals surface area contributed by atoms with Gasteiger partial charge in [-0.1, -0.05) is 24.0 Å². The van der Waals surface area contributed by atoms with Gasteiger partial charge in [-0.25, -0.2) is 0 Å². The van der Waals surface area contributed by atoms with Gasteiger partial charge in [0.15, 0.2) is 4.32 Å². The van der Waals surface area contributed by atoms with Crippen molar-refractivity contribution < 1.29 is 4.79 Å². The van der Waals surface area contributed by atoms with Crippen LogP contribution in [0.15, 0.2) is 19.4 Å². The van der Waals surface area contributed by atoms with Gasteiger partial charge < -0.3 is 0 Å². The molecule has 1 aromatic heterocycles. The van der Waals surface area contributed by atoms with Crippen molar-refractivity contribution in [2.45, 2.75) is 0 Å². The predicted molar refractivity (Wildman–Crippen MR) is 79.2 cm³/mol. The van der Waals surface area contributed by atoms with Crippen molar-refractivity contribution in [3.8, 4) is 0 Å². The fourth-order valence-electron chi connectivity index (χ4n) is 1.00. The van der Waals surface area contributed by atoms with Crippen molar-refractivity contribution in [3.63, 3.8) is 0 Å². The molecule has 1 aliphatic heterocycles. The summed E-state index contributed by atoms with van der Waals surface area (Å²) < 4.78 is 2.48. The molecular formula is C8H4Br2N2OS3. The van der Waals surface area contributed by atoms with E-state index in [2.05, 4.69) is 37.0 Å². The molecule has 84 valence electrons. The number of carbonyl (C=O) groups excluding carboxylic acids is 1. The normalized spacial score (nSPS) is 16.8. The van der Waals surface area contributed by atoms with Gasteiger partial charge in [0, 0.05) is 9.35 Å². The average Bonchev–Trinajstić information content (AvgIpc) is 2.70. The van der Waals surface area contributed by atoms with E-state index in [4.69, 9.17) is 12.2 Å². The van der Waals surface area contributed by atoms with E-state index >= 15 is 0 Å². The van der Waals surface area contributed by atoms with Crippen LogP contribution in [0.1, 0.15) is 4.88 Å². The molecule has 2 rings (SSSR count). The van der Waals surface area contributed by atoms with Gasteiger partial charge in [0.25, 0.3) is 5.91 Å². The number of thiophene rings is 1. The Bertz CT molecular complexity index is 450. The molecule has 0 N–H and O–H groups in total. The van der Waals surface area contributed by atoms with Crippen molar-refractivity contribution >= 4 is 83.6 Å². The molecule has 1 saturated heterocycles. The summed E-state index contributed by atoms with van der Waals surface area (Å²) in [5, 5.41) is 5.34. The minimum atomic E-state index is -0.0686. The number of carbonyl (C=O) groups is 1. The Hall–Kier alpha value is 0.240. The third-order valence-electron chi connectivity index (χ3n) is 1.69. The van der Waals surface area contributed by atoms with Crippen molar-refractivity contribution in [2.75, 3.05) is 5.75 Å². The first kappa shape index (κ1) is 12.7. The number of hydrogen-bond donors (Lipinski definition) is 0. The third kappa shape index (κ3) is 2.73. The van der Waals surface area contributed by atoms with E-state index in [1.165, 1.54) is 28.1 Å². The molecule has 1 fully saturated rings. The van der Waals surface area contributed by atoms with Crippen LogP contribution in [0.25, 0.3) is 0 Å². The standard InChI is InChI=1S/C8H4Br2N2OS3/c9-5-1-4(16-7(5)10)2-11-12-6(13)3-15-8(12)14/h1-2H,3H2. The summed E-state index contributed by atoms with van der Waals surface area (Å²) in [7, 11) is 0. The van der Waals surface area contributed by atoms with Crippen LogP contribution < -0.4 is 0 Å². The Morgan fingerprint density at radius 3 is 2.81 bits per heavy atom. The van der Waals surface area contributed by atoms with Gasteiger partial charge in [-0.3, -0.25) is 4.79 Å². The molecule has 8 heteroatoms. The van der Waals surface area contributed by atoms with Gasteiger partial charge in [-0.05, 0) is 37.9 Å². The number of hydrazone groups is 1. The van der Waals surface area contributed by atoms with Crippen LogP contribution in [0.2, 0.25) is 0 Å². The second-order valence-corrected chi connectivity index (χ2v) is 7.64. The second kappa shape index (κ2) is 5.26. The monoisotopic (exact) mass is 398 g/mol. The lowest BCUT2D eigenvalue weighted by molar-refractivity contribution is -0.123. The highest BCUT2D eigenvalue weighted by Crippen LogP contribution is 2.31. The minimum Gasteiger partial charge on any atom is -0.272 e. The maximum absolute atomic E-state index is 11.4. The number of thioether (sulfide) groups is 1. The third-order valence-corrected chi connectivity index (χ3v) is 6.22. The lowest BCUT2D eigenvalue weighted by atomic mass is 10.5. The summed E-state index contributed by atoms with van der Waals surface area (Å²) in [5.74, 6) is 0.314. The number of nitrogens with zero attached hydrogens (tertiary/aromatic N) is 2. The smallest absolute Gasteiger partial charge is 0.259 e. The van der Waals surface area contributed by atoms with Crippen molar-refractivity contribution in [3.05, 3.63) is 19.2 Å². The molecule has 16 heavy (non-hydrogen) atoms. The van der Waals surface area contributed by atoms with Crippen LogP contribution in [0.5, 0.6) is 0 Å². The molecule has 1 aromatic rings. The molecule has 0 aliphatic carbocycles. The fourth-order valence-corrected chi connectivity index (χ4v) is 3.92. The SMILES string of the molecule is O=C1CSC(=S)N1N=Cc1cc(Br)c(Br)s1. The van der Waals surface area contributed by atoms with Gasteiger partial charge >= 0.3 is 0 Å². The Kier molecular flexibility index (Phi) is 4.17. The largest absolute Gasteiger partial charge is 0.272 e. The molecule has 0 atom stereocenters. The molecule has 1 aliphatic rings. The molecule has 0 aromatic carbocycles. The molecule has 0 radical (unpaired) electrons. The first-order chi connectivity index (χ1) is 7.58. The van der Waals surface area contributed by atoms with Crippen molar-refractivity contribution in [2.24, 2.45) is 5.10 Å². The van der Waals surface area contributed by atoms with E-state index in [-0.39, 0.29) is 5.91 Å². The summed E-state index contributed by atoms with van der Waals surface area (Å²) in [5.41, 5.74) is 0. The second-order valence-electron chi connectivity index (χ2n) is 2.78. The number of halogens is 2. The van der Waals surface area contributed by atoms with Crippen molar-refractivity contribution in [1.82, 2.24) is 5.01 Å². The number of hydrogen-bond acceptors (Lipinski definition) is 5. The molecule has 2 heterocycles. The van der Waals surface area contributed by atoms with Crippen LogP contribution in [0.3, 0.4) is 0 Å². The van der Waals surface area contributed by atoms with Crippen LogP contribution >= 0.6 is 67.2 Å². The Morgan fingerprint density at radius 1 is 1.56 bits per heavy atom. The number of thiocarbonyl (C=S) groups is 1. The average molecular weight is 400 g/mol. The molecule has 0 unspecified atom stereocenters. The molecular weight excluding hydrogens is 396 g/mol. The van der Waals surface area contributed by atoms with Gasteiger partial charge in [0.1, 0.15) is 0 Å². The van der Waals surface area contributed by atoms with Crippen LogP contribution in [0, 0.1) is 0 Å². The van der Waals surface area contributed by atoms with E-state index in [9.17, 15) is 4.79 Å². The highest BCUT2D eigenvalue weighted by atomic mass is 79.9. The summed E-state index contributed by atoms with van der Waals surface area (Å²) in [4.78, 5) is 12.3. The van der Waals surface area contributed by atoms with E-state index in [1.54, 1.807) is 6.21 Å². The summed E-state index contributed by atoms with van der Waals surface area (Å²) in [6.45, 7) is 0. The molecule has 0 spiro atoms. The Morgan fingerprint density at radius 2 is 2.31 bits per heavy atom. The van der Waals surface area contributed by atoms with E-state index in [0.717, 1.165) is 13.1 Å². The number of amides is 1. The molecule has 0 saturated carbocycles. The Balaban J connectivity index is 2.15. The molecule has 0 bridgehead atoms. The fraction of sp³-hybridized carbons (Fsp3) is 0.125. The Labute approximate surface area is 123 Å².